The molecule has 2 heterocycles. The van der Waals surface area contributed by atoms with Crippen LogP contribution in [0.2, 0.25) is 0 Å². The number of benzene rings is 1. The molecule has 0 amide bonds. The van der Waals surface area contributed by atoms with Gasteiger partial charge in [0.2, 0.25) is 21.9 Å². The number of guanidine groups is 2. The fourth-order valence-electron chi connectivity index (χ4n) is 4.36. The Morgan fingerprint density at radius 3 is 2.41 bits per heavy atom. The van der Waals surface area contributed by atoms with E-state index in [1.165, 1.54) is 0 Å². The highest BCUT2D eigenvalue weighted by Crippen LogP contribution is 2.40. The predicted molar refractivity (Wildman–Crippen MR) is 106 cm³/mol. The van der Waals surface area contributed by atoms with Gasteiger partial charge in [0.25, 0.3) is 0 Å². The standard InChI is InChI=1S/C18H26N6O2S/c19-16-21-17(20)24(18(22-16)9-2-1-3-10-18)14-7-6-8-15(13-14)27(25,26)23-11-4-5-12-23/h6-8,13H,1-5,9-12H2,(H4,19,20,21,22). The van der Waals surface area contributed by atoms with Crippen LogP contribution in [0.25, 0.3) is 0 Å². The maximum Gasteiger partial charge on any atom is 0.243 e. The molecule has 1 saturated heterocycles. The zero-order chi connectivity index (χ0) is 19.1. The molecule has 0 aromatic heterocycles. The quantitative estimate of drug-likeness (QED) is 0.812. The molecule has 146 valence electrons. The van der Waals surface area contributed by atoms with Gasteiger partial charge in [-0.2, -0.15) is 9.30 Å². The van der Waals surface area contributed by atoms with Crippen LogP contribution in [0, 0.1) is 0 Å². The van der Waals surface area contributed by atoms with E-state index in [0.29, 0.717) is 18.8 Å². The van der Waals surface area contributed by atoms with Crippen molar-refractivity contribution in [2.24, 2.45) is 21.5 Å². The summed E-state index contributed by atoms with van der Waals surface area (Å²) in [6, 6.07) is 6.94. The van der Waals surface area contributed by atoms with Gasteiger partial charge in [0.1, 0.15) is 5.66 Å². The van der Waals surface area contributed by atoms with Crippen molar-refractivity contribution in [3.8, 4) is 0 Å². The molecule has 3 aliphatic rings. The van der Waals surface area contributed by atoms with Gasteiger partial charge < -0.3 is 11.5 Å². The molecule has 1 saturated carbocycles. The average Bonchev–Trinajstić information content (AvgIpc) is 3.17. The molecule has 4 rings (SSSR count). The van der Waals surface area contributed by atoms with Crippen molar-refractivity contribution >= 4 is 27.6 Å². The predicted octanol–water partition coefficient (Wildman–Crippen LogP) is 1.58. The Kier molecular flexibility index (Phi) is 4.59. The van der Waals surface area contributed by atoms with Crippen molar-refractivity contribution in [3.63, 3.8) is 0 Å². The summed E-state index contributed by atoms with van der Waals surface area (Å²) in [6.07, 6.45) is 6.62. The Hall–Kier alpha value is -2.13. The molecule has 1 aromatic rings. The number of hydrogen-bond acceptors (Lipinski definition) is 7. The first kappa shape index (κ1) is 18.2. The number of anilines is 1. The minimum atomic E-state index is -3.50. The minimum Gasteiger partial charge on any atom is -0.369 e. The van der Waals surface area contributed by atoms with E-state index in [9.17, 15) is 8.42 Å². The van der Waals surface area contributed by atoms with Gasteiger partial charge in [0.15, 0.2) is 0 Å². The summed E-state index contributed by atoms with van der Waals surface area (Å²) in [5.41, 5.74) is 12.3. The maximum absolute atomic E-state index is 13.0. The normalized spacial score (nSPS) is 23.3. The van der Waals surface area contributed by atoms with Gasteiger partial charge in [-0.25, -0.2) is 13.4 Å². The molecule has 2 aliphatic heterocycles. The van der Waals surface area contributed by atoms with Crippen molar-refractivity contribution in [2.45, 2.75) is 55.5 Å². The number of aliphatic imine (C=N–C) groups is 2. The number of nitrogens with zero attached hydrogens (tertiary/aromatic N) is 4. The highest BCUT2D eigenvalue weighted by molar-refractivity contribution is 7.89. The van der Waals surface area contributed by atoms with Crippen LogP contribution < -0.4 is 16.4 Å². The second-order valence-electron chi connectivity index (χ2n) is 7.43. The van der Waals surface area contributed by atoms with Crippen molar-refractivity contribution in [1.29, 1.82) is 0 Å². The van der Waals surface area contributed by atoms with E-state index in [2.05, 4.69) is 9.98 Å². The van der Waals surface area contributed by atoms with Crippen molar-refractivity contribution in [1.82, 2.24) is 4.31 Å². The number of hydrogen-bond donors (Lipinski definition) is 2. The van der Waals surface area contributed by atoms with Crippen molar-refractivity contribution in [2.75, 3.05) is 18.0 Å². The van der Waals surface area contributed by atoms with Crippen LogP contribution in [0.15, 0.2) is 39.1 Å². The first-order valence-corrected chi connectivity index (χ1v) is 11.0. The summed E-state index contributed by atoms with van der Waals surface area (Å²) in [7, 11) is -3.50. The molecule has 0 unspecified atom stereocenters. The topological polar surface area (TPSA) is 117 Å². The first-order valence-electron chi connectivity index (χ1n) is 9.52. The molecular weight excluding hydrogens is 364 g/mol. The molecule has 0 bridgehead atoms. The van der Waals surface area contributed by atoms with Gasteiger partial charge in [0.05, 0.1) is 4.90 Å². The second-order valence-corrected chi connectivity index (χ2v) is 9.37. The van der Waals surface area contributed by atoms with E-state index in [-0.39, 0.29) is 16.8 Å². The fourth-order valence-corrected chi connectivity index (χ4v) is 5.91. The monoisotopic (exact) mass is 390 g/mol. The lowest BCUT2D eigenvalue weighted by Gasteiger charge is -2.45. The van der Waals surface area contributed by atoms with E-state index in [4.69, 9.17) is 11.5 Å². The summed E-state index contributed by atoms with van der Waals surface area (Å²) < 4.78 is 27.5. The molecule has 2 fully saturated rings. The Balaban J connectivity index is 1.75. The van der Waals surface area contributed by atoms with Crippen LogP contribution in [0.5, 0.6) is 0 Å². The first-order chi connectivity index (χ1) is 12.9. The molecule has 27 heavy (non-hydrogen) atoms. The van der Waals surface area contributed by atoms with E-state index < -0.39 is 15.7 Å². The molecule has 1 aromatic carbocycles. The van der Waals surface area contributed by atoms with Crippen LogP contribution in [-0.2, 0) is 10.0 Å². The Bertz CT molecular complexity index is 883. The van der Waals surface area contributed by atoms with Crippen molar-refractivity contribution < 1.29 is 8.42 Å². The van der Waals surface area contributed by atoms with Gasteiger partial charge in [-0.1, -0.05) is 12.5 Å². The smallest absolute Gasteiger partial charge is 0.243 e. The zero-order valence-corrected chi connectivity index (χ0v) is 16.2. The molecule has 0 radical (unpaired) electrons. The van der Waals surface area contributed by atoms with Crippen LogP contribution in [0.3, 0.4) is 0 Å². The lowest BCUT2D eigenvalue weighted by atomic mass is 9.87. The zero-order valence-electron chi connectivity index (χ0n) is 15.3. The van der Waals surface area contributed by atoms with E-state index in [1.54, 1.807) is 22.5 Å². The molecule has 1 spiro atoms. The minimum absolute atomic E-state index is 0.187. The van der Waals surface area contributed by atoms with Crippen LogP contribution in [0.1, 0.15) is 44.9 Å². The molecule has 4 N–H and O–H groups in total. The second kappa shape index (κ2) is 6.79. The van der Waals surface area contributed by atoms with Crippen LogP contribution >= 0.6 is 0 Å². The van der Waals surface area contributed by atoms with E-state index in [0.717, 1.165) is 44.9 Å². The van der Waals surface area contributed by atoms with Gasteiger partial charge in [-0.3, -0.25) is 4.90 Å². The summed E-state index contributed by atoms with van der Waals surface area (Å²) in [4.78, 5) is 10.9. The van der Waals surface area contributed by atoms with Gasteiger partial charge in [-0.05, 0) is 56.7 Å². The summed E-state index contributed by atoms with van der Waals surface area (Å²) in [5.74, 6) is 0.451. The maximum atomic E-state index is 13.0. The lowest BCUT2D eigenvalue weighted by molar-refractivity contribution is 0.305. The number of nitrogens with two attached hydrogens (primary N) is 2. The van der Waals surface area contributed by atoms with Crippen LogP contribution in [-0.4, -0.2) is 43.4 Å². The molecule has 8 nitrogen and oxygen atoms in total. The molecular formula is C18H26N6O2S. The van der Waals surface area contributed by atoms with Gasteiger partial charge in [-0.15, -0.1) is 0 Å². The Morgan fingerprint density at radius 1 is 1.00 bits per heavy atom. The third-order valence-corrected chi connectivity index (χ3v) is 7.52. The molecule has 1 aliphatic carbocycles. The highest BCUT2D eigenvalue weighted by Gasteiger charge is 2.43. The highest BCUT2D eigenvalue weighted by atomic mass is 32.2. The third-order valence-electron chi connectivity index (χ3n) is 5.63. The molecule has 0 atom stereocenters. The Morgan fingerprint density at radius 2 is 1.70 bits per heavy atom. The van der Waals surface area contributed by atoms with Gasteiger partial charge in [0, 0.05) is 18.8 Å². The summed E-state index contributed by atoms with van der Waals surface area (Å²) >= 11 is 0. The number of sulfonamides is 1. The van der Waals surface area contributed by atoms with Crippen molar-refractivity contribution in [3.05, 3.63) is 24.3 Å². The lowest BCUT2D eigenvalue weighted by Crippen LogP contribution is -2.58. The largest absolute Gasteiger partial charge is 0.369 e. The number of rotatable bonds is 3. The van der Waals surface area contributed by atoms with Crippen LogP contribution in [0.4, 0.5) is 5.69 Å². The average molecular weight is 391 g/mol. The fraction of sp³-hybridized carbons (Fsp3) is 0.556. The molecule has 9 heteroatoms. The van der Waals surface area contributed by atoms with E-state index >= 15 is 0 Å². The Labute approximate surface area is 160 Å². The SMILES string of the molecule is NC1=NC2(CCCCC2)N(c2cccc(S(=O)(=O)N3CCCC3)c2)C(N)=N1. The van der Waals surface area contributed by atoms with E-state index in [1.807, 2.05) is 11.0 Å². The summed E-state index contributed by atoms with van der Waals surface area (Å²) in [5, 5.41) is 0. The van der Waals surface area contributed by atoms with Gasteiger partial charge >= 0.3 is 0 Å². The third kappa shape index (κ3) is 3.19. The summed E-state index contributed by atoms with van der Waals surface area (Å²) in [6.45, 7) is 1.15.